The molecule has 9 nitrogen and oxygen atoms in total. The van der Waals surface area contributed by atoms with Crippen molar-refractivity contribution in [1.82, 2.24) is 19.3 Å². The summed E-state index contributed by atoms with van der Waals surface area (Å²) in [4.78, 5) is 19.4. The van der Waals surface area contributed by atoms with Crippen molar-refractivity contribution in [3.8, 4) is 0 Å². The first kappa shape index (κ1) is 22.9. The molecule has 3 aromatic rings. The average molecular weight is 486 g/mol. The second-order valence-electron chi connectivity index (χ2n) is 9.51. The number of anilines is 1. The van der Waals surface area contributed by atoms with E-state index < -0.39 is 9.84 Å². The maximum Gasteiger partial charge on any atom is 0.414 e. The molecule has 1 amide bonds. The number of benzene rings is 1. The third-order valence-electron chi connectivity index (χ3n) is 7.20. The van der Waals surface area contributed by atoms with Crippen LogP contribution in [0.2, 0.25) is 0 Å². The van der Waals surface area contributed by atoms with Crippen molar-refractivity contribution < 1.29 is 17.9 Å². The Kier molecular flexibility index (Phi) is 5.87. The van der Waals surface area contributed by atoms with E-state index in [0.717, 1.165) is 41.0 Å². The van der Waals surface area contributed by atoms with Crippen LogP contribution in [0, 0.1) is 0 Å². The quantitative estimate of drug-likeness (QED) is 0.559. The highest BCUT2D eigenvalue weighted by atomic mass is 32.2. The fraction of sp³-hybridized carbons (Fsp3) is 0.542. The molecule has 2 aliphatic heterocycles. The molecule has 5 rings (SSSR count). The van der Waals surface area contributed by atoms with Gasteiger partial charge in [0.25, 0.3) is 0 Å². The molecule has 2 aliphatic rings. The number of rotatable bonds is 4. The van der Waals surface area contributed by atoms with Crippen molar-refractivity contribution in [3.05, 3.63) is 42.0 Å². The number of methoxy groups -OCH3 is 1. The number of aromatic nitrogens is 4. The Hall–Kier alpha value is -2.88. The Balaban J connectivity index is 1.64. The third-order valence-corrected chi connectivity index (χ3v) is 8.92. The number of amides is 1. The van der Waals surface area contributed by atoms with Crippen LogP contribution < -0.4 is 4.90 Å². The second-order valence-corrected chi connectivity index (χ2v) is 11.8. The molecule has 2 atom stereocenters. The Morgan fingerprint density at radius 2 is 2.00 bits per heavy atom. The predicted octanol–water partition coefficient (Wildman–Crippen LogP) is 3.69. The zero-order valence-corrected chi connectivity index (χ0v) is 20.7. The highest BCUT2D eigenvalue weighted by molar-refractivity contribution is 7.91. The zero-order chi connectivity index (χ0) is 24.0. The zero-order valence-electron chi connectivity index (χ0n) is 19.8. The molecule has 0 unspecified atom stereocenters. The smallest absolute Gasteiger partial charge is 0.414 e. The monoisotopic (exact) mass is 485 g/mol. The maximum absolute atomic E-state index is 12.6. The van der Waals surface area contributed by atoms with E-state index in [9.17, 15) is 13.2 Å². The van der Waals surface area contributed by atoms with Crippen LogP contribution >= 0.6 is 0 Å². The Bertz CT molecular complexity index is 1300. The van der Waals surface area contributed by atoms with E-state index in [1.807, 2.05) is 36.0 Å². The van der Waals surface area contributed by atoms with Crippen molar-refractivity contribution >= 4 is 32.7 Å². The first-order chi connectivity index (χ1) is 16.3. The van der Waals surface area contributed by atoms with Gasteiger partial charge in [0.05, 0.1) is 41.9 Å². The number of carbonyl (C=O) groups excluding carboxylic acids is 1. The second kappa shape index (κ2) is 8.72. The summed E-state index contributed by atoms with van der Waals surface area (Å²) in [6, 6.07) is 6.04. The van der Waals surface area contributed by atoms with E-state index in [0.29, 0.717) is 19.4 Å². The molecule has 34 heavy (non-hydrogen) atoms. The van der Waals surface area contributed by atoms with Gasteiger partial charge in [-0.05, 0) is 50.8 Å². The van der Waals surface area contributed by atoms with Crippen LogP contribution in [0.25, 0.3) is 11.0 Å². The summed E-state index contributed by atoms with van der Waals surface area (Å²) in [5.41, 5.74) is 3.80. The van der Waals surface area contributed by atoms with Gasteiger partial charge in [0, 0.05) is 36.0 Å². The summed E-state index contributed by atoms with van der Waals surface area (Å²) in [5.74, 6) is 1.40. The summed E-state index contributed by atoms with van der Waals surface area (Å²) in [6.45, 7) is 4.84. The van der Waals surface area contributed by atoms with E-state index in [2.05, 4.69) is 16.6 Å². The number of hydrogen-bond donors (Lipinski definition) is 0. The number of fused-ring (bicyclic) bond motifs is 3. The van der Waals surface area contributed by atoms with Crippen LogP contribution in [-0.4, -0.2) is 58.5 Å². The van der Waals surface area contributed by atoms with Crippen molar-refractivity contribution in [2.75, 3.05) is 23.5 Å². The van der Waals surface area contributed by atoms with Crippen molar-refractivity contribution in [3.63, 3.8) is 0 Å². The predicted molar refractivity (Wildman–Crippen MR) is 130 cm³/mol. The van der Waals surface area contributed by atoms with Gasteiger partial charge in [0.15, 0.2) is 0 Å². The number of imidazole rings is 1. The summed E-state index contributed by atoms with van der Waals surface area (Å²) in [6.07, 6.45) is 6.15. The van der Waals surface area contributed by atoms with E-state index in [-0.39, 0.29) is 35.6 Å². The lowest BCUT2D eigenvalue weighted by Gasteiger charge is -2.34. The van der Waals surface area contributed by atoms with Crippen molar-refractivity contribution in [2.24, 2.45) is 0 Å². The minimum absolute atomic E-state index is 0.0428. The van der Waals surface area contributed by atoms with Gasteiger partial charge in [-0.25, -0.2) is 18.2 Å². The van der Waals surface area contributed by atoms with Gasteiger partial charge < -0.3 is 9.30 Å². The first-order valence-corrected chi connectivity index (χ1v) is 13.7. The van der Waals surface area contributed by atoms with Gasteiger partial charge in [-0.15, -0.1) is 0 Å². The minimum atomic E-state index is -2.98. The summed E-state index contributed by atoms with van der Waals surface area (Å²) in [7, 11) is -1.57. The van der Waals surface area contributed by atoms with E-state index in [1.54, 1.807) is 11.1 Å². The van der Waals surface area contributed by atoms with Crippen LogP contribution in [-0.2, 0) is 27.5 Å². The molecule has 1 saturated heterocycles. The SMILES string of the molecule is COC(=O)N1c2ccc3c(nc([C@H](C)Cn4cccn4)n3C3CCS(=O)(=O)CC3)c2CC[C@@H]1C. The van der Waals surface area contributed by atoms with E-state index in [1.165, 1.54) is 7.11 Å². The largest absolute Gasteiger partial charge is 0.452 e. The molecule has 4 heterocycles. The summed E-state index contributed by atoms with van der Waals surface area (Å²) >= 11 is 0. The van der Waals surface area contributed by atoms with Gasteiger partial charge in [-0.3, -0.25) is 9.58 Å². The van der Waals surface area contributed by atoms with E-state index in [4.69, 9.17) is 9.72 Å². The maximum atomic E-state index is 12.6. The summed E-state index contributed by atoms with van der Waals surface area (Å²) in [5, 5.41) is 4.36. The standard InChI is InChI=1S/C24H31N5O4S/c1-16(15-27-12-4-11-25-27)23-26-22-19-6-5-17(2)28(24(30)33-3)20(19)7-8-21(22)29(23)18-9-13-34(31,32)14-10-18/h4,7-8,11-12,16-18H,5-6,9-10,13-15H2,1-3H3/t16-,17+/m1/s1. The highest BCUT2D eigenvalue weighted by Crippen LogP contribution is 2.40. The minimum Gasteiger partial charge on any atom is -0.452 e. The lowest BCUT2D eigenvalue weighted by atomic mass is 9.95. The number of aryl methyl sites for hydroxylation is 1. The molecular weight excluding hydrogens is 454 g/mol. The number of carbonyl (C=O) groups is 1. The van der Waals surface area contributed by atoms with Crippen molar-refractivity contribution in [1.29, 1.82) is 0 Å². The van der Waals surface area contributed by atoms with Gasteiger partial charge in [-0.2, -0.15) is 5.10 Å². The molecule has 2 aromatic heterocycles. The van der Waals surface area contributed by atoms with Gasteiger partial charge in [-0.1, -0.05) is 6.92 Å². The lowest BCUT2D eigenvalue weighted by Crippen LogP contribution is -2.42. The number of ether oxygens (including phenoxy) is 1. The number of nitrogens with zero attached hydrogens (tertiary/aromatic N) is 5. The number of hydrogen-bond acceptors (Lipinski definition) is 6. The normalized spacial score (nSPS) is 21.4. The molecule has 10 heteroatoms. The molecule has 1 aromatic carbocycles. The highest BCUT2D eigenvalue weighted by Gasteiger charge is 2.34. The van der Waals surface area contributed by atoms with E-state index >= 15 is 0 Å². The van der Waals surface area contributed by atoms with Crippen LogP contribution in [0.3, 0.4) is 0 Å². The Morgan fingerprint density at radius 3 is 2.68 bits per heavy atom. The molecule has 182 valence electrons. The van der Waals surface area contributed by atoms with Gasteiger partial charge >= 0.3 is 6.09 Å². The molecule has 0 spiro atoms. The van der Waals surface area contributed by atoms with Crippen LogP contribution in [0.1, 0.15) is 56.5 Å². The lowest BCUT2D eigenvalue weighted by molar-refractivity contribution is 0.175. The Morgan fingerprint density at radius 1 is 1.24 bits per heavy atom. The van der Waals surface area contributed by atoms with Gasteiger partial charge in [0.1, 0.15) is 15.7 Å². The average Bonchev–Trinajstić information content (AvgIpc) is 3.46. The van der Waals surface area contributed by atoms with Crippen molar-refractivity contribution in [2.45, 2.75) is 64.1 Å². The molecule has 0 radical (unpaired) electrons. The fourth-order valence-electron chi connectivity index (χ4n) is 5.43. The molecule has 0 bridgehead atoms. The van der Waals surface area contributed by atoms with Crippen LogP contribution in [0.4, 0.5) is 10.5 Å². The summed E-state index contributed by atoms with van der Waals surface area (Å²) < 4.78 is 33.5. The van der Waals surface area contributed by atoms with Crippen LogP contribution in [0.5, 0.6) is 0 Å². The number of sulfone groups is 1. The van der Waals surface area contributed by atoms with Gasteiger partial charge in [0.2, 0.25) is 0 Å². The molecule has 0 N–H and O–H groups in total. The molecular formula is C24H31N5O4S. The molecule has 1 fully saturated rings. The molecule has 0 aliphatic carbocycles. The first-order valence-electron chi connectivity index (χ1n) is 11.9. The van der Waals surface area contributed by atoms with Crippen LogP contribution in [0.15, 0.2) is 30.6 Å². The molecule has 0 saturated carbocycles. The third kappa shape index (κ3) is 3.97. The topological polar surface area (TPSA) is 99.3 Å². The Labute approximate surface area is 199 Å². The fourth-order valence-corrected chi connectivity index (χ4v) is 6.90.